The average molecular weight is 431 g/mol. The van der Waals surface area contributed by atoms with E-state index >= 15 is 0 Å². The molecule has 1 heterocycles. The van der Waals surface area contributed by atoms with Crippen molar-refractivity contribution in [3.05, 3.63) is 69.6 Å². The number of carbonyl (C=O) groups is 3. The zero-order chi connectivity index (χ0) is 20.8. The van der Waals surface area contributed by atoms with Crippen LogP contribution in [0, 0.1) is 6.92 Å². The number of ether oxygens (including phenoxy) is 1. The average Bonchev–Trinajstić information content (AvgIpc) is 2.96. The number of halogens is 1. The topological polar surface area (TPSA) is 75.7 Å². The van der Waals surface area contributed by atoms with Crippen molar-refractivity contribution in [2.75, 3.05) is 19.7 Å². The van der Waals surface area contributed by atoms with Crippen LogP contribution in [0.5, 0.6) is 5.75 Å². The molecular weight excluding hydrogens is 412 g/mol. The summed E-state index contributed by atoms with van der Waals surface area (Å²) in [4.78, 5) is 38.0. The van der Waals surface area contributed by atoms with Crippen LogP contribution in [0.4, 0.5) is 4.79 Å². The molecule has 3 amide bonds. The Labute approximate surface area is 177 Å². The summed E-state index contributed by atoms with van der Waals surface area (Å²) in [6.45, 7) is 2.00. The number of carbonyl (C=O) groups excluding carboxylic acids is 3. The zero-order valence-electron chi connectivity index (χ0n) is 15.7. The van der Waals surface area contributed by atoms with Crippen LogP contribution in [0.3, 0.4) is 0 Å². The standard InChI is InChI=1S/C21H19ClN2O4S/c1-14-6-8-15(9-7-14)12-18-20(26)24(21(27)29-18)11-10-23-19(25)13-28-17-5-3-2-4-16(17)22/h2-9,12H,10-11,13H2,1H3,(H,23,25). The first kappa shape index (κ1) is 21.0. The lowest BCUT2D eigenvalue weighted by Crippen LogP contribution is -2.38. The lowest BCUT2D eigenvalue weighted by atomic mass is 10.1. The van der Waals surface area contributed by atoms with E-state index in [4.69, 9.17) is 16.3 Å². The SMILES string of the molecule is Cc1ccc(C=C2SC(=O)N(CCNC(=O)COc3ccccc3Cl)C2=O)cc1. The minimum absolute atomic E-state index is 0.0910. The monoisotopic (exact) mass is 430 g/mol. The Morgan fingerprint density at radius 2 is 1.90 bits per heavy atom. The van der Waals surface area contributed by atoms with Gasteiger partial charge in [-0.15, -0.1) is 0 Å². The Bertz CT molecular complexity index is 959. The van der Waals surface area contributed by atoms with E-state index in [1.165, 1.54) is 0 Å². The number of hydrogen-bond donors (Lipinski definition) is 1. The van der Waals surface area contributed by atoms with Gasteiger partial charge in [-0.2, -0.15) is 0 Å². The van der Waals surface area contributed by atoms with Crippen molar-refractivity contribution in [2.24, 2.45) is 0 Å². The van der Waals surface area contributed by atoms with Gasteiger partial charge in [0.05, 0.1) is 9.93 Å². The van der Waals surface area contributed by atoms with E-state index in [1.54, 1.807) is 30.3 Å². The number of thioether (sulfide) groups is 1. The van der Waals surface area contributed by atoms with Crippen molar-refractivity contribution in [1.29, 1.82) is 0 Å². The highest BCUT2D eigenvalue weighted by Crippen LogP contribution is 2.31. The molecule has 0 atom stereocenters. The van der Waals surface area contributed by atoms with E-state index in [2.05, 4.69) is 5.32 Å². The van der Waals surface area contributed by atoms with Crippen molar-refractivity contribution in [2.45, 2.75) is 6.92 Å². The first-order valence-corrected chi connectivity index (χ1v) is 10.1. The first-order chi connectivity index (χ1) is 13.9. The Morgan fingerprint density at radius 1 is 1.17 bits per heavy atom. The van der Waals surface area contributed by atoms with Crippen LogP contribution in [-0.4, -0.2) is 41.6 Å². The summed E-state index contributed by atoms with van der Waals surface area (Å²) in [7, 11) is 0. The van der Waals surface area contributed by atoms with E-state index in [1.807, 2.05) is 31.2 Å². The molecule has 3 rings (SSSR count). The van der Waals surface area contributed by atoms with Crippen LogP contribution >= 0.6 is 23.4 Å². The van der Waals surface area contributed by atoms with Crippen LogP contribution in [-0.2, 0) is 9.59 Å². The molecule has 0 unspecified atom stereocenters. The van der Waals surface area contributed by atoms with Gasteiger partial charge in [-0.3, -0.25) is 19.3 Å². The van der Waals surface area contributed by atoms with Gasteiger partial charge in [-0.1, -0.05) is 53.6 Å². The van der Waals surface area contributed by atoms with E-state index < -0.39 is 0 Å². The molecule has 0 aliphatic carbocycles. The van der Waals surface area contributed by atoms with Crippen LogP contribution < -0.4 is 10.1 Å². The maximum atomic E-state index is 12.5. The number of nitrogens with one attached hydrogen (secondary N) is 1. The highest BCUT2D eigenvalue weighted by Gasteiger charge is 2.34. The van der Waals surface area contributed by atoms with Crippen molar-refractivity contribution in [3.63, 3.8) is 0 Å². The second-order valence-corrected chi connectivity index (χ2v) is 7.71. The maximum Gasteiger partial charge on any atom is 0.293 e. The number of nitrogens with zero attached hydrogens (tertiary/aromatic N) is 1. The molecule has 0 spiro atoms. The van der Waals surface area contributed by atoms with Gasteiger partial charge in [-0.25, -0.2) is 0 Å². The molecule has 1 fully saturated rings. The third-order valence-corrected chi connectivity index (χ3v) is 5.32. The number of aryl methyl sites for hydroxylation is 1. The van der Waals surface area contributed by atoms with Gasteiger partial charge < -0.3 is 10.1 Å². The summed E-state index contributed by atoms with van der Waals surface area (Å²) < 4.78 is 5.35. The quantitative estimate of drug-likeness (QED) is 0.674. The van der Waals surface area contributed by atoms with Gasteiger partial charge in [0.2, 0.25) is 0 Å². The van der Waals surface area contributed by atoms with Crippen LogP contribution in [0.2, 0.25) is 5.02 Å². The highest BCUT2D eigenvalue weighted by molar-refractivity contribution is 8.18. The summed E-state index contributed by atoms with van der Waals surface area (Å²) in [6.07, 6.45) is 1.69. The normalized spacial score (nSPS) is 15.1. The molecule has 6 nitrogen and oxygen atoms in total. The fraction of sp³-hybridized carbons (Fsp3) is 0.190. The van der Waals surface area contributed by atoms with Gasteiger partial charge in [0.15, 0.2) is 6.61 Å². The minimum atomic E-state index is -0.368. The minimum Gasteiger partial charge on any atom is -0.482 e. The van der Waals surface area contributed by atoms with Crippen molar-refractivity contribution >= 4 is 46.5 Å². The van der Waals surface area contributed by atoms with Crippen molar-refractivity contribution < 1.29 is 19.1 Å². The van der Waals surface area contributed by atoms with Gasteiger partial charge >= 0.3 is 0 Å². The number of hydrogen-bond acceptors (Lipinski definition) is 5. The molecule has 2 aromatic rings. The largest absolute Gasteiger partial charge is 0.482 e. The molecule has 29 heavy (non-hydrogen) atoms. The number of amides is 3. The molecule has 0 bridgehead atoms. The predicted octanol–water partition coefficient (Wildman–Crippen LogP) is 3.88. The van der Waals surface area contributed by atoms with E-state index in [9.17, 15) is 14.4 Å². The zero-order valence-corrected chi connectivity index (χ0v) is 17.3. The fourth-order valence-electron chi connectivity index (χ4n) is 2.57. The van der Waals surface area contributed by atoms with Crippen LogP contribution in [0.1, 0.15) is 11.1 Å². The van der Waals surface area contributed by atoms with Gasteiger partial charge in [-0.05, 0) is 42.5 Å². The molecule has 1 aliphatic heterocycles. The molecule has 1 N–H and O–H groups in total. The second kappa shape index (κ2) is 9.62. The smallest absolute Gasteiger partial charge is 0.293 e. The Hall–Kier alpha value is -2.77. The first-order valence-electron chi connectivity index (χ1n) is 8.90. The highest BCUT2D eigenvalue weighted by atomic mass is 35.5. The third kappa shape index (κ3) is 5.62. The molecule has 0 radical (unpaired) electrons. The molecule has 150 valence electrons. The fourth-order valence-corrected chi connectivity index (χ4v) is 3.63. The number of imide groups is 1. The molecule has 1 aliphatic rings. The summed E-state index contributed by atoms with van der Waals surface area (Å²) in [6, 6.07) is 14.5. The molecule has 1 saturated heterocycles. The lowest BCUT2D eigenvalue weighted by molar-refractivity contribution is -0.125. The van der Waals surface area contributed by atoms with Crippen molar-refractivity contribution in [1.82, 2.24) is 10.2 Å². The van der Waals surface area contributed by atoms with Gasteiger partial charge in [0.25, 0.3) is 17.1 Å². The predicted molar refractivity (Wildman–Crippen MR) is 114 cm³/mol. The maximum absolute atomic E-state index is 12.5. The summed E-state index contributed by atoms with van der Waals surface area (Å²) in [5, 5.41) is 2.69. The molecule has 0 saturated carbocycles. The lowest BCUT2D eigenvalue weighted by Gasteiger charge is -2.13. The Morgan fingerprint density at radius 3 is 2.62 bits per heavy atom. The third-order valence-electron chi connectivity index (χ3n) is 4.10. The molecule has 8 heteroatoms. The van der Waals surface area contributed by atoms with E-state index in [-0.39, 0.29) is 36.7 Å². The number of benzene rings is 2. The van der Waals surface area contributed by atoms with Gasteiger partial charge in [0, 0.05) is 13.1 Å². The number of rotatable bonds is 7. The molecule has 2 aromatic carbocycles. The van der Waals surface area contributed by atoms with E-state index in [0.717, 1.165) is 27.8 Å². The van der Waals surface area contributed by atoms with Crippen LogP contribution in [0.25, 0.3) is 6.08 Å². The second-order valence-electron chi connectivity index (χ2n) is 6.31. The molecule has 0 aromatic heterocycles. The number of para-hydroxylation sites is 1. The van der Waals surface area contributed by atoms with Gasteiger partial charge in [0.1, 0.15) is 5.75 Å². The molecular formula is C21H19ClN2O4S. The summed E-state index contributed by atoms with van der Waals surface area (Å²) >= 11 is 6.86. The van der Waals surface area contributed by atoms with E-state index in [0.29, 0.717) is 15.7 Å². The Kier molecular flexibility index (Phi) is 6.95. The Balaban J connectivity index is 1.48. The van der Waals surface area contributed by atoms with Crippen LogP contribution in [0.15, 0.2) is 53.4 Å². The summed E-state index contributed by atoms with van der Waals surface area (Å²) in [5.74, 6) is -0.314. The summed E-state index contributed by atoms with van der Waals surface area (Å²) in [5.41, 5.74) is 1.97. The van der Waals surface area contributed by atoms with Crippen molar-refractivity contribution in [3.8, 4) is 5.75 Å².